The maximum atomic E-state index is 12.0. The van der Waals surface area contributed by atoms with E-state index in [0.29, 0.717) is 6.54 Å². The third-order valence-corrected chi connectivity index (χ3v) is 3.70. The summed E-state index contributed by atoms with van der Waals surface area (Å²) in [7, 11) is 0. The van der Waals surface area contributed by atoms with Crippen molar-refractivity contribution in [1.29, 1.82) is 0 Å². The fourth-order valence-electron chi connectivity index (χ4n) is 2.38. The summed E-state index contributed by atoms with van der Waals surface area (Å²) in [6.45, 7) is 2.62. The van der Waals surface area contributed by atoms with E-state index in [0.717, 1.165) is 23.2 Å². The number of hydrogen-bond acceptors (Lipinski definition) is 2. The van der Waals surface area contributed by atoms with Crippen molar-refractivity contribution in [2.75, 3.05) is 0 Å². The standard InChI is InChI=1S/C19H18N2O/c1-2-15-8-10-17(11-9-15)18-12-13-19(22)21(20-18)14-16-6-4-3-5-7-16/h3-13H,2,14H2,1H3. The molecule has 0 atom stereocenters. The van der Waals surface area contributed by atoms with Gasteiger partial charge in [-0.1, -0.05) is 61.5 Å². The van der Waals surface area contributed by atoms with Crippen LogP contribution in [0.3, 0.4) is 0 Å². The van der Waals surface area contributed by atoms with Crippen LogP contribution >= 0.6 is 0 Å². The molecule has 3 aromatic rings. The van der Waals surface area contributed by atoms with Gasteiger partial charge in [0, 0.05) is 11.6 Å². The van der Waals surface area contributed by atoms with E-state index < -0.39 is 0 Å². The Morgan fingerprint density at radius 3 is 2.27 bits per heavy atom. The first-order valence-corrected chi connectivity index (χ1v) is 7.47. The molecule has 2 aromatic carbocycles. The maximum Gasteiger partial charge on any atom is 0.267 e. The molecule has 3 nitrogen and oxygen atoms in total. The van der Waals surface area contributed by atoms with Gasteiger partial charge in [-0.2, -0.15) is 5.10 Å². The minimum absolute atomic E-state index is 0.0854. The Hall–Kier alpha value is -2.68. The second-order valence-corrected chi connectivity index (χ2v) is 5.25. The van der Waals surface area contributed by atoms with Crippen LogP contribution in [0.2, 0.25) is 0 Å². The highest BCUT2D eigenvalue weighted by Crippen LogP contribution is 2.16. The fourth-order valence-corrected chi connectivity index (χ4v) is 2.38. The number of nitrogens with zero attached hydrogens (tertiary/aromatic N) is 2. The van der Waals surface area contributed by atoms with Crippen molar-refractivity contribution in [3.63, 3.8) is 0 Å². The molecule has 0 spiro atoms. The zero-order valence-electron chi connectivity index (χ0n) is 12.6. The van der Waals surface area contributed by atoms with Gasteiger partial charge in [-0.05, 0) is 23.6 Å². The lowest BCUT2D eigenvalue weighted by Crippen LogP contribution is -2.22. The lowest BCUT2D eigenvalue weighted by molar-refractivity contribution is 0.643. The first kappa shape index (κ1) is 14.3. The summed E-state index contributed by atoms with van der Waals surface area (Å²) in [5.41, 5.74) is 4.12. The smallest absolute Gasteiger partial charge is 0.267 e. The lowest BCUT2D eigenvalue weighted by atomic mass is 10.1. The van der Waals surface area contributed by atoms with Gasteiger partial charge in [-0.15, -0.1) is 0 Å². The highest BCUT2D eigenvalue weighted by Gasteiger charge is 2.04. The molecule has 0 aliphatic carbocycles. The summed E-state index contributed by atoms with van der Waals surface area (Å²) < 4.78 is 1.51. The van der Waals surface area contributed by atoms with E-state index in [2.05, 4.69) is 36.3 Å². The van der Waals surface area contributed by atoms with Gasteiger partial charge in [0.25, 0.3) is 5.56 Å². The predicted octanol–water partition coefficient (Wildman–Crippen LogP) is 3.52. The van der Waals surface area contributed by atoms with Gasteiger partial charge in [0.05, 0.1) is 12.2 Å². The molecule has 0 saturated heterocycles. The molecule has 0 bridgehead atoms. The molecule has 3 heteroatoms. The van der Waals surface area contributed by atoms with Crippen molar-refractivity contribution < 1.29 is 0 Å². The highest BCUT2D eigenvalue weighted by molar-refractivity contribution is 5.58. The molecule has 110 valence electrons. The van der Waals surface area contributed by atoms with Crippen LogP contribution < -0.4 is 5.56 Å². The number of aryl methyl sites for hydroxylation is 1. The van der Waals surface area contributed by atoms with Gasteiger partial charge in [-0.25, -0.2) is 4.68 Å². The van der Waals surface area contributed by atoms with Crippen LogP contribution in [0.4, 0.5) is 0 Å². The van der Waals surface area contributed by atoms with Crippen molar-refractivity contribution in [1.82, 2.24) is 9.78 Å². The summed E-state index contributed by atoms with van der Waals surface area (Å²) >= 11 is 0. The Balaban J connectivity index is 1.93. The van der Waals surface area contributed by atoms with E-state index in [1.807, 2.05) is 30.3 Å². The summed E-state index contributed by atoms with van der Waals surface area (Å²) in [6, 6.07) is 21.6. The van der Waals surface area contributed by atoms with E-state index in [4.69, 9.17) is 0 Å². The second kappa shape index (κ2) is 6.39. The largest absolute Gasteiger partial charge is 0.268 e. The summed E-state index contributed by atoms with van der Waals surface area (Å²) in [5, 5.41) is 4.50. The second-order valence-electron chi connectivity index (χ2n) is 5.25. The Bertz CT molecular complexity index is 805. The van der Waals surface area contributed by atoms with Gasteiger partial charge < -0.3 is 0 Å². The van der Waals surface area contributed by atoms with E-state index in [-0.39, 0.29) is 5.56 Å². The van der Waals surface area contributed by atoms with Gasteiger partial charge in [0.15, 0.2) is 0 Å². The molecule has 1 aromatic heterocycles. The molecule has 0 saturated carbocycles. The molecule has 0 fully saturated rings. The quantitative estimate of drug-likeness (QED) is 0.737. The van der Waals surface area contributed by atoms with Crippen molar-refractivity contribution in [2.45, 2.75) is 19.9 Å². The zero-order valence-corrected chi connectivity index (χ0v) is 12.6. The molecule has 0 aliphatic heterocycles. The van der Waals surface area contributed by atoms with Crippen molar-refractivity contribution in [3.05, 3.63) is 88.2 Å². The molecule has 0 aliphatic rings. The SMILES string of the molecule is CCc1ccc(-c2ccc(=O)n(Cc3ccccc3)n2)cc1. The van der Waals surface area contributed by atoms with Crippen LogP contribution in [0.1, 0.15) is 18.1 Å². The highest BCUT2D eigenvalue weighted by atomic mass is 16.1. The van der Waals surface area contributed by atoms with Gasteiger partial charge >= 0.3 is 0 Å². The molecule has 3 rings (SSSR count). The van der Waals surface area contributed by atoms with Crippen LogP contribution in [0.5, 0.6) is 0 Å². The van der Waals surface area contributed by atoms with E-state index in [9.17, 15) is 4.79 Å². The van der Waals surface area contributed by atoms with Crippen LogP contribution in [-0.4, -0.2) is 9.78 Å². The van der Waals surface area contributed by atoms with Crippen molar-refractivity contribution >= 4 is 0 Å². The van der Waals surface area contributed by atoms with Gasteiger partial charge in [0.1, 0.15) is 0 Å². The molecule has 22 heavy (non-hydrogen) atoms. The normalized spacial score (nSPS) is 10.6. The maximum absolute atomic E-state index is 12.0. The topological polar surface area (TPSA) is 34.9 Å². The van der Waals surface area contributed by atoms with Crippen LogP contribution in [0.25, 0.3) is 11.3 Å². The van der Waals surface area contributed by atoms with Crippen LogP contribution in [0.15, 0.2) is 71.5 Å². The Morgan fingerprint density at radius 2 is 1.59 bits per heavy atom. The molecule has 0 unspecified atom stereocenters. The Morgan fingerprint density at radius 1 is 0.864 bits per heavy atom. The molecule has 0 N–H and O–H groups in total. The minimum atomic E-state index is -0.0854. The van der Waals surface area contributed by atoms with Gasteiger partial charge in [0.2, 0.25) is 0 Å². The average molecular weight is 290 g/mol. The molecular weight excluding hydrogens is 272 g/mol. The third kappa shape index (κ3) is 3.14. The monoisotopic (exact) mass is 290 g/mol. The third-order valence-electron chi connectivity index (χ3n) is 3.70. The molecule has 0 radical (unpaired) electrons. The van der Waals surface area contributed by atoms with Crippen LogP contribution in [-0.2, 0) is 13.0 Å². The number of aromatic nitrogens is 2. The lowest BCUT2D eigenvalue weighted by Gasteiger charge is -2.08. The number of hydrogen-bond donors (Lipinski definition) is 0. The first-order chi connectivity index (χ1) is 10.8. The number of benzene rings is 2. The Kier molecular flexibility index (Phi) is 4.15. The zero-order chi connectivity index (χ0) is 15.4. The van der Waals surface area contributed by atoms with E-state index >= 15 is 0 Å². The summed E-state index contributed by atoms with van der Waals surface area (Å²) in [5.74, 6) is 0. The Labute approximate surface area is 129 Å². The van der Waals surface area contributed by atoms with Crippen molar-refractivity contribution in [3.8, 4) is 11.3 Å². The average Bonchev–Trinajstić information content (AvgIpc) is 2.58. The molecular formula is C19H18N2O. The minimum Gasteiger partial charge on any atom is -0.268 e. The molecule has 0 amide bonds. The van der Waals surface area contributed by atoms with Crippen LogP contribution in [0, 0.1) is 0 Å². The number of rotatable bonds is 4. The van der Waals surface area contributed by atoms with Gasteiger partial charge in [-0.3, -0.25) is 4.79 Å². The fraction of sp³-hybridized carbons (Fsp3) is 0.158. The van der Waals surface area contributed by atoms with Crippen molar-refractivity contribution in [2.24, 2.45) is 0 Å². The van der Waals surface area contributed by atoms with E-state index in [1.54, 1.807) is 12.1 Å². The van der Waals surface area contributed by atoms with E-state index in [1.165, 1.54) is 10.2 Å². The molecule has 1 heterocycles. The first-order valence-electron chi connectivity index (χ1n) is 7.47. The summed E-state index contributed by atoms with van der Waals surface area (Å²) in [6.07, 6.45) is 1.02. The summed E-state index contributed by atoms with van der Waals surface area (Å²) in [4.78, 5) is 12.0. The predicted molar refractivity (Wildman–Crippen MR) is 88.9 cm³/mol.